The molecule has 0 radical (unpaired) electrons. The van der Waals surface area contributed by atoms with Gasteiger partial charge in [-0.1, -0.05) is 34.6 Å². The first-order chi connectivity index (χ1) is 11.0. The van der Waals surface area contributed by atoms with Crippen LogP contribution < -0.4 is 16.6 Å². The average molecular weight is 360 g/mol. The second kappa shape index (κ2) is 11.0. The standard InChI is InChI=1S/C16H33N4O3P/c1-15(2,3)12-16(4,5)9-14(21)20-11-13(10-18)23-24(19)22-8-6-7-17/h13H,6,8-12,18-19H2,1-5H3,(H,20,21). The van der Waals surface area contributed by atoms with E-state index in [2.05, 4.69) is 39.9 Å². The van der Waals surface area contributed by atoms with Crippen LogP contribution in [0.2, 0.25) is 0 Å². The molecule has 140 valence electrons. The number of nitrogens with one attached hydrogen (secondary N) is 1. The molecule has 1 amide bonds. The van der Waals surface area contributed by atoms with Crippen LogP contribution in [0.3, 0.4) is 0 Å². The zero-order valence-electron chi connectivity index (χ0n) is 15.6. The molecular weight excluding hydrogens is 327 g/mol. The Bertz CT molecular complexity index is 419. The third-order valence-electron chi connectivity index (χ3n) is 3.12. The quantitative estimate of drug-likeness (QED) is 0.384. The number of nitrogens with zero attached hydrogens (tertiary/aromatic N) is 1. The van der Waals surface area contributed by atoms with Gasteiger partial charge in [-0.15, -0.1) is 0 Å². The van der Waals surface area contributed by atoms with Gasteiger partial charge in [0.25, 0.3) is 8.53 Å². The monoisotopic (exact) mass is 360 g/mol. The summed E-state index contributed by atoms with van der Waals surface area (Å²) in [4.78, 5) is 12.2. The molecule has 7 nitrogen and oxygen atoms in total. The largest absolute Gasteiger partial charge is 0.353 e. The number of nitrogens with two attached hydrogens (primary N) is 2. The molecule has 0 spiro atoms. The van der Waals surface area contributed by atoms with Crippen LogP contribution in [-0.4, -0.2) is 31.7 Å². The molecule has 0 aliphatic carbocycles. The van der Waals surface area contributed by atoms with Crippen molar-refractivity contribution in [3.8, 4) is 6.07 Å². The number of rotatable bonds is 11. The number of hydrogen-bond acceptors (Lipinski definition) is 6. The first kappa shape index (κ1) is 23.2. The average Bonchev–Trinajstić information content (AvgIpc) is 2.40. The SMILES string of the molecule is CC(C)(C)CC(C)(C)CC(=O)NCC(CN)OP(N)OCCC#N. The summed E-state index contributed by atoms with van der Waals surface area (Å²) < 4.78 is 10.7. The van der Waals surface area contributed by atoms with Crippen LogP contribution in [0.5, 0.6) is 0 Å². The van der Waals surface area contributed by atoms with E-state index in [1.54, 1.807) is 0 Å². The predicted molar refractivity (Wildman–Crippen MR) is 96.7 cm³/mol. The van der Waals surface area contributed by atoms with Crippen molar-refractivity contribution in [1.82, 2.24) is 5.32 Å². The fraction of sp³-hybridized carbons (Fsp3) is 0.875. The molecule has 0 aliphatic heterocycles. The van der Waals surface area contributed by atoms with Crippen molar-refractivity contribution in [2.75, 3.05) is 19.7 Å². The first-order valence-electron chi connectivity index (χ1n) is 8.17. The molecule has 2 atom stereocenters. The third kappa shape index (κ3) is 12.6. The molecule has 0 heterocycles. The van der Waals surface area contributed by atoms with E-state index in [1.807, 2.05) is 6.07 Å². The maximum absolute atomic E-state index is 12.2. The van der Waals surface area contributed by atoms with Gasteiger partial charge in [0.1, 0.15) is 0 Å². The van der Waals surface area contributed by atoms with Gasteiger partial charge in [0.15, 0.2) is 0 Å². The highest BCUT2D eigenvalue weighted by atomic mass is 31.2. The summed E-state index contributed by atoms with van der Waals surface area (Å²) >= 11 is 0. The van der Waals surface area contributed by atoms with Gasteiger partial charge >= 0.3 is 0 Å². The molecule has 0 aromatic heterocycles. The van der Waals surface area contributed by atoms with E-state index in [0.717, 1.165) is 6.42 Å². The molecular formula is C16H33N4O3P. The minimum atomic E-state index is -1.60. The second-order valence-corrected chi connectivity index (χ2v) is 8.91. The molecule has 0 rings (SSSR count). The Morgan fingerprint density at radius 2 is 1.96 bits per heavy atom. The number of carbonyl (C=O) groups excluding carboxylic acids is 1. The maximum atomic E-state index is 12.2. The molecule has 0 saturated heterocycles. The van der Waals surface area contributed by atoms with Crippen molar-refractivity contribution < 1.29 is 13.8 Å². The first-order valence-corrected chi connectivity index (χ1v) is 9.42. The number of carbonyl (C=O) groups is 1. The van der Waals surface area contributed by atoms with Crippen LogP contribution in [0.15, 0.2) is 0 Å². The predicted octanol–water partition coefficient (Wildman–Crippen LogP) is 2.41. The van der Waals surface area contributed by atoms with Gasteiger partial charge in [-0.2, -0.15) is 5.26 Å². The van der Waals surface area contributed by atoms with Gasteiger partial charge in [0.05, 0.1) is 25.2 Å². The van der Waals surface area contributed by atoms with Crippen LogP contribution >= 0.6 is 8.53 Å². The van der Waals surface area contributed by atoms with Crippen LogP contribution in [0.25, 0.3) is 0 Å². The summed E-state index contributed by atoms with van der Waals surface area (Å²) in [7, 11) is -1.60. The van der Waals surface area contributed by atoms with E-state index >= 15 is 0 Å². The normalized spacial score (nSPS) is 14.8. The van der Waals surface area contributed by atoms with Gasteiger partial charge in [-0.05, 0) is 17.3 Å². The maximum Gasteiger partial charge on any atom is 0.253 e. The Morgan fingerprint density at radius 1 is 1.33 bits per heavy atom. The van der Waals surface area contributed by atoms with Crippen molar-refractivity contribution in [2.24, 2.45) is 22.1 Å². The third-order valence-corrected chi connectivity index (χ3v) is 4.07. The van der Waals surface area contributed by atoms with Gasteiger partial charge in [-0.25, -0.2) is 0 Å². The smallest absolute Gasteiger partial charge is 0.253 e. The lowest BCUT2D eigenvalue weighted by molar-refractivity contribution is -0.123. The number of nitriles is 1. The fourth-order valence-corrected chi connectivity index (χ4v) is 3.53. The Hall–Kier alpha value is -0.770. The van der Waals surface area contributed by atoms with Gasteiger partial charge in [0.2, 0.25) is 5.91 Å². The summed E-state index contributed by atoms with van der Waals surface area (Å²) in [6, 6.07) is 1.96. The fourth-order valence-electron chi connectivity index (χ4n) is 2.75. The Labute approximate surface area is 147 Å². The summed E-state index contributed by atoms with van der Waals surface area (Å²) in [5.74, 6) is -0.0296. The lowest BCUT2D eigenvalue weighted by atomic mass is 9.74. The molecule has 8 heteroatoms. The van der Waals surface area contributed by atoms with Gasteiger partial charge in [-0.3, -0.25) is 10.3 Å². The molecule has 24 heavy (non-hydrogen) atoms. The van der Waals surface area contributed by atoms with Crippen LogP contribution in [0.4, 0.5) is 0 Å². The zero-order chi connectivity index (χ0) is 18.8. The van der Waals surface area contributed by atoms with E-state index in [1.165, 1.54) is 0 Å². The van der Waals surface area contributed by atoms with Crippen molar-refractivity contribution in [3.63, 3.8) is 0 Å². The molecule has 0 saturated carbocycles. The van der Waals surface area contributed by atoms with E-state index in [-0.39, 0.29) is 36.3 Å². The summed E-state index contributed by atoms with van der Waals surface area (Å²) in [6.07, 6.45) is 1.24. The van der Waals surface area contributed by atoms with E-state index in [4.69, 9.17) is 25.5 Å². The molecule has 0 aliphatic rings. The van der Waals surface area contributed by atoms with Gasteiger partial charge in [0, 0.05) is 19.5 Å². The summed E-state index contributed by atoms with van der Waals surface area (Å²) in [6.45, 7) is 11.4. The van der Waals surface area contributed by atoms with Crippen LogP contribution in [0.1, 0.15) is 53.9 Å². The zero-order valence-corrected chi connectivity index (χ0v) is 16.5. The molecule has 0 aromatic carbocycles. The summed E-state index contributed by atoms with van der Waals surface area (Å²) in [5.41, 5.74) is 11.4. The number of hydrogen-bond donors (Lipinski definition) is 3. The van der Waals surface area contributed by atoms with Crippen LogP contribution in [-0.2, 0) is 13.8 Å². The van der Waals surface area contributed by atoms with Crippen molar-refractivity contribution in [1.29, 1.82) is 5.26 Å². The molecule has 5 N–H and O–H groups in total. The minimum Gasteiger partial charge on any atom is -0.353 e. The second-order valence-electron chi connectivity index (χ2n) is 7.87. The Balaban J connectivity index is 4.23. The Kier molecular flexibility index (Phi) is 10.6. The van der Waals surface area contributed by atoms with Crippen molar-refractivity contribution in [3.05, 3.63) is 0 Å². The van der Waals surface area contributed by atoms with Gasteiger partial charge < -0.3 is 20.1 Å². The van der Waals surface area contributed by atoms with E-state index in [9.17, 15) is 4.79 Å². The summed E-state index contributed by atoms with van der Waals surface area (Å²) in [5, 5.41) is 11.3. The highest BCUT2D eigenvalue weighted by molar-refractivity contribution is 7.44. The van der Waals surface area contributed by atoms with Crippen LogP contribution in [0, 0.1) is 22.2 Å². The van der Waals surface area contributed by atoms with E-state index < -0.39 is 14.6 Å². The van der Waals surface area contributed by atoms with E-state index in [0.29, 0.717) is 13.0 Å². The lowest BCUT2D eigenvalue weighted by Crippen LogP contribution is -2.39. The Morgan fingerprint density at radius 3 is 2.46 bits per heavy atom. The molecule has 2 unspecified atom stereocenters. The van der Waals surface area contributed by atoms with Crippen molar-refractivity contribution in [2.45, 2.75) is 60.0 Å². The minimum absolute atomic E-state index is 0.0296. The highest BCUT2D eigenvalue weighted by Crippen LogP contribution is 2.35. The molecule has 0 fully saturated rings. The lowest BCUT2D eigenvalue weighted by Gasteiger charge is -2.32. The molecule has 0 aromatic rings. The molecule has 0 bridgehead atoms. The van der Waals surface area contributed by atoms with Crippen molar-refractivity contribution >= 4 is 14.4 Å². The number of amides is 1. The topological polar surface area (TPSA) is 123 Å². The highest BCUT2D eigenvalue weighted by Gasteiger charge is 2.28.